The molecular weight excluding hydrogens is 271 g/mol. The molecule has 1 rings (SSSR count). The molecule has 0 aliphatic carbocycles. The fourth-order valence-electron chi connectivity index (χ4n) is 1.61. The molecule has 0 radical (unpaired) electrons. The highest BCUT2D eigenvalue weighted by Crippen LogP contribution is 2.31. The van der Waals surface area contributed by atoms with Crippen LogP contribution in [0, 0.1) is 0 Å². The second-order valence-corrected chi connectivity index (χ2v) is 4.67. The van der Waals surface area contributed by atoms with Gasteiger partial charge in [-0.3, -0.25) is 0 Å². The van der Waals surface area contributed by atoms with E-state index < -0.39 is 17.7 Å². The van der Waals surface area contributed by atoms with E-state index in [0.717, 1.165) is 12.1 Å². The summed E-state index contributed by atoms with van der Waals surface area (Å²) in [5, 5.41) is 3.02. The minimum atomic E-state index is -4.49. The van der Waals surface area contributed by atoms with Crippen LogP contribution in [-0.4, -0.2) is 18.6 Å². The van der Waals surface area contributed by atoms with E-state index in [1.54, 1.807) is 6.92 Å². The van der Waals surface area contributed by atoms with Crippen molar-refractivity contribution in [2.45, 2.75) is 39.5 Å². The van der Waals surface area contributed by atoms with Gasteiger partial charge < -0.3 is 10.1 Å². The highest BCUT2D eigenvalue weighted by molar-refractivity contribution is 5.89. The van der Waals surface area contributed by atoms with Crippen molar-refractivity contribution in [3.05, 3.63) is 34.9 Å². The standard InChI is InChI=1S/C14H18F3NO2/c1-4-20-13(19)11-5-10(8-18-9(2)3)6-12(7-11)14(15,16)17/h5-7,9,18H,4,8H2,1-3H3. The summed E-state index contributed by atoms with van der Waals surface area (Å²) < 4.78 is 43.2. The van der Waals surface area contributed by atoms with Crippen molar-refractivity contribution < 1.29 is 22.7 Å². The van der Waals surface area contributed by atoms with E-state index in [4.69, 9.17) is 4.74 Å². The second-order valence-electron chi connectivity index (χ2n) is 4.67. The number of halogens is 3. The minimum absolute atomic E-state index is 0.0813. The first kappa shape index (κ1) is 16.5. The Balaban J connectivity index is 3.11. The van der Waals surface area contributed by atoms with E-state index in [1.807, 2.05) is 13.8 Å². The van der Waals surface area contributed by atoms with Gasteiger partial charge in [-0.25, -0.2) is 4.79 Å². The summed E-state index contributed by atoms with van der Waals surface area (Å²) in [7, 11) is 0. The summed E-state index contributed by atoms with van der Waals surface area (Å²) in [6.45, 7) is 5.76. The van der Waals surface area contributed by atoms with Crippen LogP contribution >= 0.6 is 0 Å². The highest BCUT2D eigenvalue weighted by atomic mass is 19.4. The fourth-order valence-corrected chi connectivity index (χ4v) is 1.61. The van der Waals surface area contributed by atoms with Gasteiger partial charge in [-0.1, -0.05) is 13.8 Å². The molecule has 0 aromatic heterocycles. The maximum absolute atomic E-state index is 12.8. The number of esters is 1. The monoisotopic (exact) mass is 289 g/mol. The molecule has 0 unspecified atom stereocenters. The lowest BCUT2D eigenvalue weighted by atomic mass is 10.0. The third-order valence-electron chi connectivity index (χ3n) is 2.55. The average molecular weight is 289 g/mol. The Labute approximate surface area is 116 Å². The molecule has 112 valence electrons. The molecule has 0 saturated heterocycles. The van der Waals surface area contributed by atoms with Crippen LogP contribution in [-0.2, 0) is 17.5 Å². The Morgan fingerprint density at radius 3 is 2.45 bits per heavy atom. The first-order chi connectivity index (χ1) is 9.24. The van der Waals surface area contributed by atoms with E-state index in [1.165, 1.54) is 6.07 Å². The highest BCUT2D eigenvalue weighted by Gasteiger charge is 2.31. The van der Waals surface area contributed by atoms with Crippen molar-refractivity contribution in [2.75, 3.05) is 6.61 Å². The van der Waals surface area contributed by atoms with Gasteiger partial charge in [-0.2, -0.15) is 13.2 Å². The van der Waals surface area contributed by atoms with E-state index in [0.29, 0.717) is 5.56 Å². The van der Waals surface area contributed by atoms with Crippen molar-refractivity contribution in [1.82, 2.24) is 5.32 Å². The molecule has 0 aliphatic rings. The first-order valence-electron chi connectivity index (χ1n) is 6.35. The molecule has 0 heterocycles. The van der Waals surface area contributed by atoms with Crippen molar-refractivity contribution >= 4 is 5.97 Å². The average Bonchev–Trinajstić information content (AvgIpc) is 2.35. The first-order valence-corrected chi connectivity index (χ1v) is 6.35. The summed E-state index contributed by atoms with van der Waals surface area (Å²) in [6, 6.07) is 3.41. The summed E-state index contributed by atoms with van der Waals surface area (Å²) in [5.74, 6) is -0.746. The predicted octanol–water partition coefficient (Wildman–Crippen LogP) is 3.38. The molecule has 0 spiro atoms. The molecule has 0 bridgehead atoms. The molecule has 0 amide bonds. The summed E-state index contributed by atoms with van der Waals surface area (Å²) >= 11 is 0. The summed E-state index contributed by atoms with van der Waals surface area (Å²) in [4.78, 5) is 11.6. The normalized spacial score (nSPS) is 11.8. The number of carbonyl (C=O) groups excluding carboxylic acids is 1. The van der Waals surface area contributed by atoms with E-state index in [-0.39, 0.29) is 24.8 Å². The number of hydrogen-bond acceptors (Lipinski definition) is 3. The lowest BCUT2D eigenvalue weighted by Gasteiger charge is -2.13. The largest absolute Gasteiger partial charge is 0.462 e. The smallest absolute Gasteiger partial charge is 0.416 e. The van der Waals surface area contributed by atoms with Crippen molar-refractivity contribution in [1.29, 1.82) is 0 Å². The number of rotatable bonds is 5. The maximum Gasteiger partial charge on any atom is 0.416 e. The third kappa shape index (κ3) is 4.85. The number of benzene rings is 1. The molecule has 1 N–H and O–H groups in total. The molecular formula is C14H18F3NO2. The summed E-state index contributed by atoms with van der Waals surface area (Å²) in [5.41, 5.74) is -0.526. The SMILES string of the molecule is CCOC(=O)c1cc(CNC(C)C)cc(C(F)(F)F)c1. The zero-order valence-electron chi connectivity index (χ0n) is 11.7. The molecule has 1 aromatic carbocycles. The molecule has 0 atom stereocenters. The number of nitrogens with one attached hydrogen (secondary N) is 1. The lowest BCUT2D eigenvalue weighted by Crippen LogP contribution is -2.22. The fraction of sp³-hybridized carbons (Fsp3) is 0.500. The Hall–Kier alpha value is -1.56. The minimum Gasteiger partial charge on any atom is -0.462 e. The number of ether oxygens (including phenoxy) is 1. The Morgan fingerprint density at radius 1 is 1.30 bits per heavy atom. The maximum atomic E-state index is 12.8. The van der Waals surface area contributed by atoms with E-state index in [2.05, 4.69) is 5.32 Å². The van der Waals surface area contributed by atoms with Crippen LogP contribution in [0.25, 0.3) is 0 Å². The van der Waals surface area contributed by atoms with Gasteiger partial charge in [0, 0.05) is 12.6 Å². The number of alkyl halides is 3. The van der Waals surface area contributed by atoms with Crippen molar-refractivity contribution in [3.63, 3.8) is 0 Å². The zero-order valence-corrected chi connectivity index (χ0v) is 11.7. The van der Waals surface area contributed by atoms with Crippen LogP contribution in [0.4, 0.5) is 13.2 Å². The van der Waals surface area contributed by atoms with Gasteiger partial charge in [0.1, 0.15) is 0 Å². The number of carbonyl (C=O) groups is 1. The van der Waals surface area contributed by atoms with Gasteiger partial charge in [-0.15, -0.1) is 0 Å². The van der Waals surface area contributed by atoms with Crippen LogP contribution < -0.4 is 5.32 Å². The number of hydrogen-bond donors (Lipinski definition) is 1. The molecule has 3 nitrogen and oxygen atoms in total. The second kappa shape index (κ2) is 6.74. The Kier molecular flexibility index (Phi) is 5.56. The van der Waals surface area contributed by atoms with Gasteiger partial charge >= 0.3 is 12.1 Å². The predicted molar refractivity (Wildman–Crippen MR) is 69.4 cm³/mol. The van der Waals surface area contributed by atoms with E-state index >= 15 is 0 Å². The molecule has 1 aromatic rings. The van der Waals surface area contributed by atoms with Crippen LogP contribution in [0.1, 0.15) is 42.3 Å². The van der Waals surface area contributed by atoms with Crippen molar-refractivity contribution in [3.8, 4) is 0 Å². The Morgan fingerprint density at radius 2 is 1.95 bits per heavy atom. The topological polar surface area (TPSA) is 38.3 Å². The van der Waals surface area contributed by atoms with Crippen molar-refractivity contribution in [2.24, 2.45) is 0 Å². The summed E-state index contributed by atoms with van der Waals surface area (Å²) in [6.07, 6.45) is -4.49. The van der Waals surface area contributed by atoms with Gasteiger partial charge in [0.25, 0.3) is 0 Å². The van der Waals surface area contributed by atoms with E-state index in [9.17, 15) is 18.0 Å². The van der Waals surface area contributed by atoms with Crippen LogP contribution in [0.3, 0.4) is 0 Å². The zero-order chi connectivity index (χ0) is 15.3. The van der Waals surface area contributed by atoms with Gasteiger partial charge in [0.05, 0.1) is 17.7 Å². The van der Waals surface area contributed by atoms with Gasteiger partial charge in [-0.05, 0) is 30.7 Å². The van der Waals surface area contributed by atoms with Crippen LogP contribution in [0.5, 0.6) is 0 Å². The molecule has 6 heteroatoms. The molecule has 20 heavy (non-hydrogen) atoms. The van der Waals surface area contributed by atoms with Gasteiger partial charge in [0.15, 0.2) is 0 Å². The molecule has 0 saturated carbocycles. The third-order valence-corrected chi connectivity index (χ3v) is 2.55. The van der Waals surface area contributed by atoms with Crippen LogP contribution in [0.15, 0.2) is 18.2 Å². The quantitative estimate of drug-likeness (QED) is 0.844. The van der Waals surface area contributed by atoms with Crippen LogP contribution in [0.2, 0.25) is 0 Å². The van der Waals surface area contributed by atoms with Gasteiger partial charge in [0.2, 0.25) is 0 Å². The molecule has 0 aliphatic heterocycles. The molecule has 0 fully saturated rings. The lowest BCUT2D eigenvalue weighted by molar-refractivity contribution is -0.137. The Bertz CT molecular complexity index is 470.